The van der Waals surface area contributed by atoms with Crippen LogP contribution in [0.3, 0.4) is 0 Å². The first-order chi connectivity index (χ1) is 13.9. The zero-order chi connectivity index (χ0) is 22.8. The van der Waals surface area contributed by atoms with E-state index in [1.165, 1.54) is 6.92 Å². The maximum absolute atomic E-state index is 13.1. The summed E-state index contributed by atoms with van der Waals surface area (Å²) in [5.41, 5.74) is -3.65. The number of hydrogen-bond acceptors (Lipinski definition) is 6. The average Bonchev–Trinajstić information content (AvgIpc) is 2.64. The van der Waals surface area contributed by atoms with Crippen LogP contribution in [0, 0.1) is 34.3 Å². The quantitative estimate of drug-likeness (QED) is 0.442. The molecule has 2 aromatic rings. The molecule has 0 bridgehead atoms. The van der Waals surface area contributed by atoms with Crippen LogP contribution in [-0.2, 0) is 12.7 Å². The third-order valence-electron chi connectivity index (χ3n) is 4.22. The maximum Gasteiger partial charge on any atom is 0.423 e. The second kappa shape index (κ2) is 8.36. The number of rotatable bonds is 5. The van der Waals surface area contributed by atoms with Crippen LogP contribution >= 0.6 is 0 Å². The molecule has 30 heavy (non-hydrogen) atoms. The summed E-state index contributed by atoms with van der Waals surface area (Å²) in [4.78, 5) is 26.0. The summed E-state index contributed by atoms with van der Waals surface area (Å²) in [7, 11) is 0. The van der Waals surface area contributed by atoms with Gasteiger partial charge in [0.25, 0.3) is 11.2 Å². The summed E-state index contributed by atoms with van der Waals surface area (Å²) in [6.45, 7) is 5.09. The van der Waals surface area contributed by atoms with Crippen LogP contribution in [0.5, 0.6) is 5.88 Å². The second-order valence-electron chi connectivity index (χ2n) is 6.87. The molecular formula is C19H17F3N4O4. The molecular weight excluding hydrogens is 405 g/mol. The van der Waals surface area contributed by atoms with Crippen molar-refractivity contribution in [1.29, 1.82) is 5.26 Å². The lowest BCUT2D eigenvalue weighted by Crippen LogP contribution is -2.27. The van der Waals surface area contributed by atoms with Crippen LogP contribution in [0.1, 0.15) is 36.1 Å². The Kier molecular flexibility index (Phi) is 6.30. The van der Waals surface area contributed by atoms with E-state index >= 15 is 0 Å². The number of alkyl halides is 3. The fourth-order valence-electron chi connectivity index (χ4n) is 2.79. The Bertz CT molecular complexity index is 1130. The number of nitrogens with zero attached hydrogens (tertiary/aromatic N) is 4. The molecule has 0 aliphatic carbocycles. The maximum atomic E-state index is 13.1. The fourth-order valence-corrected chi connectivity index (χ4v) is 2.79. The molecule has 0 atom stereocenters. The molecule has 0 fully saturated rings. The van der Waals surface area contributed by atoms with E-state index in [2.05, 4.69) is 4.99 Å². The van der Waals surface area contributed by atoms with Gasteiger partial charge in [-0.25, -0.2) is 0 Å². The van der Waals surface area contributed by atoms with Crippen molar-refractivity contribution in [2.24, 2.45) is 10.9 Å². The summed E-state index contributed by atoms with van der Waals surface area (Å²) >= 11 is 0. The van der Waals surface area contributed by atoms with E-state index in [1.54, 1.807) is 19.9 Å². The molecule has 8 nitrogen and oxygen atoms in total. The van der Waals surface area contributed by atoms with Crippen LogP contribution in [0.15, 0.2) is 28.0 Å². The molecule has 0 spiro atoms. The van der Waals surface area contributed by atoms with E-state index in [1.807, 2.05) is 0 Å². The van der Waals surface area contributed by atoms with Crippen molar-refractivity contribution in [2.75, 3.05) is 0 Å². The van der Waals surface area contributed by atoms with E-state index in [4.69, 9.17) is 0 Å². The molecule has 0 aliphatic heterocycles. The molecule has 11 heteroatoms. The topological polar surface area (TPSA) is 122 Å². The highest BCUT2D eigenvalue weighted by Crippen LogP contribution is 2.38. The van der Waals surface area contributed by atoms with Gasteiger partial charge in [0.05, 0.1) is 16.2 Å². The summed E-state index contributed by atoms with van der Waals surface area (Å²) in [5.74, 6) is -0.524. The number of benzene rings is 1. The van der Waals surface area contributed by atoms with Crippen LogP contribution in [0.4, 0.5) is 24.5 Å². The highest BCUT2D eigenvalue weighted by molar-refractivity contribution is 5.87. The van der Waals surface area contributed by atoms with Gasteiger partial charge in [-0.15, -0.1) is 0 Å². The molecule has 0 saturated carbocycles. The van der Waals surface area contributed by atoms with E-state index < -0.39 is 33.8 Å². The van der Waals surface area contributed by atoms with Crippen LogP contribution in [0.25, 0.3) is 0 Å². The molecule has 1 aromatic carbocycles. The van der Waals surface area contributed by atoms with E-state index in [0.717, 1.165) is 16.8 Å². The van der Waals surface area contributed by atoms with Gasteiger partial charge in [0.2, 0.25) is 5.88 Å². The van der Waals surface area contributed by atoms with Crippen molar-refractivity contribution in [1.82, 2.24) is 4.57 Å². The average molecular weight is 422 g/mol. The van der Waals surface area contributed by atoms with Crippen molar-refractivity contribution < 1.29 is 23.2 Å². The number of aromatic hydroxyl groups is 1. The molecule has 1 N–H and O–H groups in total. The van der Waals surface area contributed by atoms with Crippen molar-refractivity contribution in [3.8, 4) is 11.9 Å². The zero-order valence-electron chi connectivity index (χ0n) is 16.2. The molecule has 1 aromatic heterocycles. The van der Waals surface area contributed by atoms with E-state index in [-0.39, 0.29) is 34.8 Å². The Morgan fingerprint density at radius 2 is 2.03 bits per heavy atom. The Morgan fingerprint density at radius 1 is 1.40 bits per heavy atom. The lowest BCUT2D eigenvalue weighted by Gasteiger charge is -2.15. The van der Waals surface area contributed by atoms with Crippen LogP contribution < -0.4 is 5.56 Å². The van der Waals surface area contributed by atoms with Gasteiger partial charge in [-0.3, -0.25) is 24.5 Å². The van der Waals surface area contributed by atoms with Gasteiger partial charge in [0.1, 0.15) is 17.2 Å². The minimum Gasteiger partial charge on any atom is -0.494 e. The van der Waals surface area contributed by atoms with Crippen molar-refractivity contribution in [3.05, 3.63) is 60.9 Å². The molecule has 0 unspecified atom stereocenters. The highest BCUT2D eigenvalue weighted by atomic mass is 19.4. The standard InChI is InChI=1S/C19H17F3N4O4/c1-10(2)9-25-17(27)13(7-23)11(3)14(18(25)28)8-24-12-4-5-16(26(29)30)15(6-12)19(20,21)22/h4-6,8,10,28H,9H2,1-3H3. The molecule has 0 amide bonds. The van der Waals surface area contributed by atoms with Crippen molar-refractivity contribution >= 4 is 17.6 Å². The van der Waals surface area contributed by atoms with Gasteiger partial charge < -0.3 is 5.11 Å². The number of halogens is 3. The number of nitro groups is 1. The van der Waals surface area contributed by atoms with Crippen molar-refractivity contribution in [2.45, 2.75) is 33.5 Å². The van der Waals surface area contributed by atoms with Gasteiger partial charge in [-0.2, -0.15) is 18.4 Å². The van der Waals surface area contributed by atoms with Crippen LogP contribution in [-0.4, -0.2) is 20.8 Å². The predicted molar refractivity (Wildman–Crippen MR) is 102 cm³/mol. The molecule has 0 saturated heterocycles. The number of hydrogen-bond donors (Lipinski definition) is 1. The number of aromatic nitrogens is 1. The Balaban J connectivity index is 2.64. The molecule has 0 radical (unpaired) electrons. The summed E-state index contributed by atoms with van der Waals surface area (Å²) in [6, 6.07) is 3.97. The SMILES string of the molecule is Cc1c(C=Nc2ccc([N+](=O)[O-])c(C(F)(F)F)c2)c(O)n(CC(C)C)c(=O)c1C#N. The molecule has 1 heterocycles. The Labute approximate surface area is 168 Å². The largest absolute Gasteiger partial charge is 0.494 e. The Hall–Kier alpha value is -3.68. The van der Waals surface area contributed by atoms with E-state index in [0.29, 0.717) is 12.1 Å². The minimum absolute atomic E-state index is 0.0151. The number of nitro benzene ring substituents is 1. The van der Waals surface area contributed by atoms with Gasteiger partial charge in [-0.1, -0.05) is 13.8 Å². The predicted octanol–water partition coefficient (Wildman–Crippen LogP) is 4.07. The van der Waals surface area contributed by atoms with E-state index in [9.17, 15) is 38.4 Å². The summed E-state index contributed by atoms with van der Waals surface area (Å²) in [5, 5.41) is 30.6. The highest BCUT2D eigenvalue weighted by Gasteiger charge is 2.38. The molecule has 0 aliphatic rings. The number of aliphatic imine (C=N–C) groups is 1. The lowest BCUT2D eigenvalue weighted by atomic mass is 10.1. The first kappa shape index (κ1) is 22.6. The smallest absolute Gasteiger partial charge is 0.423 e. The van der Waals surface area contributed by atoms with Gasteiger partial charge in [0, 0.05) is 18.8 Å². The first-order valence-electron chi connectivity index (χ1n) is 8.64. The minimum atomic E-state index is -4.97. The fraction of sp³-hybridized carbons (Fsp3) is 0.316. The van der Waals surface area contributed by atoms with Gasteiger partial charge >= 0.3 is 6.18 Å². The zero-order valence-corrected chi connectivity index (χ0v) is 16.2. The van der Waals surface area contributed by atoms with Gasteiger partial charge in [0.15, 0.2) is 0 Å². The second-order valence-corrected chi connectivity index (χ2v) is 6.87. The van der Waals surface area contributed by atoms with Crippen LogP contribution in [0.2, 0.25) is 0 Å². The number of pyridine rings is 1. The Morgan fingerprint density at radius 3 is 2.53 bits per heavy atom. The molecule has 158 valence electrons. The summed E-state index contributed by atoms with van der Waals surface area (Å²) in [6.07, 6.45) is -3.95. The van der Waals surface area contributed by atoms with Gasteiger partial charge in [-0.05, 0) is 30.5 Å². The number of nitriles is 1. The summed E-state index contributed by atoms with van der Waals surface area (Å²) < 4.78 is 40.4. The third kappa shape index (κ3) is 4.48. The third-order valence-corrected chi connectivity index (χ3v) is 4.22. The first-order valence-corrected chi connectivity index (χ1v) is 8.64. The van der Waals surface area contributed by atoms with Crippen molar-refractivity contribution in [3.63, 3.8) is 0 Å². The monoisotopic (exact) mass is 422 g/mol. The lowest BCUT2D eigenvalue weighted by molar-refractivity contribution is -0.388. The normalized spacial score (nSPS) is 11.8. The molecule has 2 rings (SSSR count).